The van der Waals surface area contributed by atoms with E-state index < -0.39 is 5.97 Å². The van der Waals surface area contributed by atoms with Gasteiger partial charge in [0.2, 0.25) is 0 Å². The zero-order chi connectivity index (χ0) is 12.8. The third-order valence-corrected chi connectivity index (χ3v) is 2.84. The molecular weight excluding hydrogens is 202 g/mol. The van der Waals surface area contributed by atoms with Gasteiger partial charge in [-0.05, 0) is 31.8 Å². The van der Waals surface area contributed by atoms with Crippen LogP contribution >= 0.6 is 0 Å². The molecule has 0 saturated carbocycles. The molecule has 0 heterocycles. The highest BCUT2D eigenvalue weighted by Crippen LogP contribution is 2.23. The van der Waals surface area contributed by atoms with Gasteiger partial charge in [-0.2, -0.15) is 0 Å². The van der Waals surface area contributed by atoms with Crippen LogP contribution in [0.5, 0.6) is 0 Å². The minimum absolute atomic E-state index is 0.128. The van der Waals surface area contributed by atoms with Crippen molar-refractivity contribution >= 4 is 5.97 Å². The Labute approximate surface area is 99.1 Å². The van der Waals surface area contributed by atoms with Gasteiger partial charge in [-0.1, -0.05) is 33.8 Å². The number of hydrogen-bond acceptors (Lipinski definition) is 2. The Morgan fingerprint density at radius 1 is 1.31 bits per heavy atom. The summed E-state index contributed by atoms with van der Waals surface area (Å²) < 4.78 is 0. The molecule has 0 unspecified atom stereocenters. The summed E-state index contributed by atoms with van der Waals surface area (Å²) in [5.41, 5.74) is 0.565. The topological polar surface area (TPSA) is 40.5 Å². The predicted octanol–water partition coefficient (Wildman–Crippen LogP) is 2.78. The lowest BCUT2D eigenvalue weighted by Gasteiger charge is -2.30. The van der Waals surface area contributed by atoms with Crippen molar-refractivity contribution in [1.82, 2.24) is 4.90 Å². The Kier molecular flexibility index (Phi) is 6.34. The van der Waals surface area contributed by atoms with Gasteiger partial charge in [-0.15, -0.1) is 0 Å². The Morgan fingerprint density at radius 3 is 2.19 bits per heavy atom. The van der Waals surface area contributed by atoms with Crippen LogP contribution in [0.3, 0.4) is 0 Å². The summed E-state index contributed by atoms with van der Waals surface area (Å²) in [7, 11) is 0. The highest BCUT2D eigenvalue weighted by atomic mass is 16.4. The van der Waals surface area contributed by atoms with Gasteiger partial charge < -0.3 is 10.0 Å². The van der Waals surface area contributed by atoms with Crippen molar-refractivity contribution in [2.75, 3.05) is 19.6 Å². The van der Waals surface area contributed by atoms with Crippen molar-refractivity contribution in [3.8, 4) is 0 Å². The maximum atomic E-state index is 10.7. The first kappa shape index (κ1) is 15.2. The van der Waals surface area contributed by atoms with E-state index in [1.165, 1.54) is 0 Å². The van der Waals surface area contributed by atoms with Gasteiger partial charge in [0.15, 0.2) is 0 Å². The second-order valence-corrected chi connectivity index (χ2v) is 5.02. The summed E-state index contributed by atoms with van der Waals surface area (Å²) in [5.74, 6) is -0.821. The minimum atomic E-state index is -0.821. The van der Waals surface area contributed by atoms with E-state index in [1.807, 2.05) is 6.08 Å². The van der Waals surface area contributed by atoms with Gasteiger partial charge in [-0.25, -0.2) is 4.79 Å². The monoisotopic (exact) mass is 227 g/mol. The fourth-order valence-corrected chi connectivity index (χ4v) is 1.63. The Bertz CT molecular complexity index is 253. The van der Waals surface area contributed by atoms with Crippen LogP contribution in [0.1, 0.15) is 41.0 Å². The van der Waals surface area contributed by atoms with Gasteiger partial charge in [0.1, 0.15) is 0 Å². The summed E-state index contributed by atoms with van der Waals surface area (Å²) in [6, 6.07) is 0. The second-order valence-electron chi connectivity index (χ2n) is 5.02. The van der Waals surface area contributed by atoms with E-state index >= 15 is 0 Å². The van der Waals surface area contributed by atoms with E-state index in [0.717, 1.165) is 26.1 Å². The largest absolute Gasteiger partial charge is 0.478 e. The lowest BCUT2D eigenvalue weighted by Crippen LogP contribution is -2.33. The molecule has 16 heavy (non-hydrogen) atoms. The van der Waals surface area contributed by atoms with Crippen molar-refractivity contribution in [2.24, 2.45) is 5.41 Å². The van der Waals surface area contributed by atoms with E-state index in [0.29, 0.717) is 5.57 Å². The fraction of sp³-hybridized carbons (Fsp3) is 0.769. The maximum absolute atomic E-state index is 10.7. The molecule has 0 radical (unpaired) electrons. The minimum Gasteiger partial charge on any atom is -0.478 e. The third kappa shape index (κ3) is 5.91. The van der Waals surface area contributed by atoms with Crippen LogP contribution in [0.15, 0.2) is 11.6 Å². The summed E-state index contributed by atoms with van der Waals surface area (Å²) in [4.78, 5) is 13.0. The average Bonchev–Trinajstić information content (AvgIpc) is 2.22. The molecule has 3 heteroatoms. The number of hydrogen-bond donors (Lipinski definition) is 1. The Balaban J connectivity index is 4.34. The lowest BCUT2D eigenvalue weighted by atomic mass is 9.87. The zero-order valence-electron chi connectivity index (χ0n) is 11.2. The Morgan fingerprint density at radius 2 is 1.81 bits per heavy atom. The summed E-state index contributed by atoms with van der Waals surface area (Å²) in [6.45, 7) is 13.4. The van der Waals surface area contributed by atoms with E-state index in [4.69, 9.17) is 5.11 Å². The first-order chi connectivity index (χ1) is 7.32. The molecule has 0 aliphatic heterocycles. The molecular formula is C13H25NO2. The van der Waals surface area contributed by atoms with Crippen molar-refractivity contribution in [1.29, 1.82) is 0 Å². The van der Waals surface area contributed by atoms with Crippen LogP contribution in [-0.2, 0) is 4.79 Å². The molecule has 0 spiro atoms. The van der Waals surface area contributed by atoms with E-state index in [-0.39, 0.29) is 5.41 Å². The van der Waals surface area contributed by atoms with E-state index in [2.05, 4.69) is 32.6 Å². The highest BCUT2D eigenvalue weighted by molar-refractivity contribution is 5.85. The number of aliphatic carboxylic acids is 1. The summed E-state index contributed by atoms with van der Waals surface area (Å²) in [6.07, 6.45) is 2.63. The van der Waals surface area contributed by atoms with E-state index in [9.17, 15) is 4.79 Å². The van der Waals surface area contributed by atoms with Gasteiger partial charge in [0.05, 0.1) is 0 Å². The molecule has 0 aromatic carbocycles. The molecule has 1 N–H and O–H groups in total. The third-order valence-electron chi connectivity index (χ3n) is 2.84. The zero-order valence-corrected chi connectivity index (χ0v) is 11.2. The fourth-order valence-electron chi connectivity index (χ4n) is 1.63. The first-order valence-corrected chi connectivity index (χ1v) is 5.94. The number of allylic oxidation sites excluding steroid dienone is 1. The smallest absolute Gasteiger partial charge is 0.330 e. The van der Waals surface area contributed by atoms with Crippen LogP contribution in [-0.4, -0.2) is 35.6 Å². The molecule has 0 rings (SSSR count). The van der Waals surface area contributed by atoms with E-state index in [1.54, 1.807) is 6.92 Å². The second kappa shape index (κ2) is 6.69. The number of rotatable bonds is 7. The predicted molar refractivity (Wildman–Crippen MR) is 67.6 cm³/mol. The van der Waals surface area contributed by atoms with Crippen LogP contribution in [0.4, 0.5) is 0 Å². The molecule has 0 bridgehead atoms. The molecule has 0 aliphatic carbocycles. The quantitative estimate of drug-likeness (QED) is 0.680. The number of carboxylic acid groups (broad SMARTS) is 1. The molecule has 94 valence electrons. The van der Waals surface area contributed by atoms with Crippen molar-refractivity contribution in [2.45, 2.75) is 41.0 Å². The molecule has 0 aliphatic rings. The maximum Gasteiger partial charge on any atom is 0.330 e. The average molecular weight is 227 g/mol. The molecule has 0 amide bonds. The summed E-state index contributed by atoms with van der Waals surface area (Å²) in [5, 5.41) is 8.77. The number of nitrogens with zero attached hydrogens (tertiary/aromatic N) is 1. The van der Waals surface area contributed by atoms with Crippen LogP contribution in [0, 0.1) is 5.41 Å². The summed E-state index contributed by atoms with van der Waals surface area (Å²) >= 11 is 0. The standard InChI is InChI=1S/C13H25NO2/c1-6-14(7-2)10-13(4,5)9-8-11(3)12(15)16/h8H,6-7,9-10H2,1-5H3,(H,15,16). The molecule has 0 saturated heterocycles. The Hall–Kier alpha value is -0.830. The van der Waals surface area contributed by atoms with Gasteiger partial charge in [-0.3, -0.25) is 0 Å². The number of carboxylic acids is 1. The van der Waals surface area contributed by atoms with Crippen molar-refractivity contribution < 1.29 is 9.90 Å². The van der Waals surface area contributed by atoms with Gasteiger partial charge in [0, 0.05) is 12.1 Å². The molecule has 0 atom stereocenters. The molecule has 0 aromatic heterocycles. The molecule has 3 nitrogen and oxygen atoms in total. The SMILES string of the molecule is CCN(CC)CC(C)(C)CC=C(C)C(=O)O. The lowest BCUT2D eigenvalue weighted by molar-refractivity contribution is -0.132. The van der Waals surface area contributed by atoms with Crippen molar-refractivity contribution in [3.63, 3.8) is 0 Å². The van der Waals surface area contributed by atoms with Crippen LogP contribution in [0.2, 0.25) is 0 Å². The normalized spacial score (nSPS) is 13.2. The van der Waals surface area contributed by atoms with Gasteiger partial charge >= 0.3 is 5.97 Å². The van der Waals surface area contributed by atoms with Crippen LogP contribution in [0.25, 0.3) is 0 Å². The van der Waals surface area contributed by atoms with Crippen LogP contribution < -0.4 is 0 Å². The van der Waals surface area contributed by atoms with Crippen molar-refractivity contribution in [3.05, 3.63) is 11.6 Å². The number of carbonyl (C=O) groups is 1. The molecule has 0 fully saturated rings. The highest BCUT2D eigenvalue weighted by Gasteiger charge is 2.19. The first-order valence-electron chi connectivity index (χ1n) is 5.94. The molecule has 0 aromatic rings. The van der Waals surface area contributed by atoms with Gasteiger partial charge in [0.25, 0.3) is 0 Å².